The number of carbonyl (C=O) groups excluding carboxylic acids is 3. The zero-order chi connectivity index (χ0) is 19.4. The van der Waals surface area contributed by atoms with Crippen LogP contribution in [0.1, 0.15) is 47.5 Å². The number of aliphatic carboxylic acids is 1. The van der Waals surface area contributed by atoms with Crippen LogP contribution in [0.15, 0.2) is 0 Å². The van der Waals surface area contributed by atoms with E-state index in [-0.39, 0.29) is 0 Å². The van der Waals surface area contributed by atoms with Crippen molar-refractivity contribution in [1.82, 2.24) is 15.5 Å². The van der Waals surface area contributed by atoms with Crippen LogP contribution >= 0.6 is 0 Å². The fourth-order valence-corrected chi connectivity index (χ4v) is 2.49. The minimum Gasteiger partial charge on any atom is -0.480 e. The molecule has 0 bridgehead atoms. The molecule has 3 N–H and O–H groups in total. The highest BCUT2D eigenvalue weighted by atomic mass is 16.6. The third kappa shape index (κ3) is 6.24. The molecule has 3 unspecified atom stereocenters. The Labute approximate surface area is 147 Å². The summed E-state index contributed by atoms with van der Waals surface area (Å²) in [5, 5.41) is 14.0. The predicted octanol–water partition coefficient (Wildman–Crippen LogP) is 0.480. The number of amides is 3. The van der Waals surface area contributed by atoms with E-state index in [0.29, 0.717) is 19.4 Å². The first-order valence-electron chi connectivity index (χ1n) is 8.25. The van der Waals surface area contributed by atoms with E-state index in [1.807, 2.05) is 0 Å². The minimum absolute atomic E-state index is 0.349. The summed E-state index contributed by atoms with van der Waals surface area (Å²) >= 11 is 0. The predicted molar refractivity (Wildman–Crippen MR) is 88.8 cm³/mol. The second-order valence-corrected chi connectivity index (χ2v) is 7.13. The van der Waals surface area contributed by atoms with Crippen LogP contribution in [0.5, 0.6) is 0 Å². The van der Waals surface area contributed by atoms with Crippen molar-refractivity contribution in [2.24, 2.45) is 0 Å². The lowest BCUT2D eigenvalue weighted by Gasteiger charge is -2.26. The van der Waals surface area contributed by atoms with Crippen molar-refractivity contribution in [2.45, 2.75) is 71.2 Å². The van der Waals surface area contributed by atoms with Gasteiger partial charge in [0, 0.05) is 6.54 Å². The molecule has 0 aromatic heterocycles. The minimum atomic E-state index is -1.05. The lowest BCUT2D eigenvalue weighted by Crippen LogP contribution is -2.54. The molecule has 0 aromatic carbocycles. The molecule has 0 radical (unpaired) electrons. The molecular weight excluding hydrogens is 330 g/mol. The molecule has 0 saturated carbocycles. The molecule has 0 spiro atoms. The molecule has 3 amide bonds. The van der Waals surface area contributed by atoms with Gasteiger partial charge in [0.25, 0.3) is 0 Å². The molecule has 1 heterocycles. The quantitative estimate of drug-likeness (QED) is 0.657. The first-order valence-corrected chi connectivity index (χ1v) is 8.25. The van der Waals surface area contributed by atoms with Crippen LogP contribution in [0.4, 0.5) is 4.79 Å². The third-order valence-corrected chi connectivity index (χ3v) is 3.68. The van der Waals surface area contributed by atoms with Crippen molar-refractivity contribution in [3.8, 4) is 0 Å². The molecule has 142 valence electrons. The number of alkyl carbamates (subject to hydrolysis) is 1. The Morgan fingerprint density at radius 2 is 1.72 bits per heavy atom. The molecule has 25 heavy (non-hydrogen) atoms. The zero-order valence-electron chi connectivity index (χ0n) is 15.3. The van der Waals surface area contributed by atoms with Crippen LogP contribution < -0.4 is 10.6 Å². The summed E-state index contributed by atoms with van der Waals surface area (Å²) in [6, 6.07) is -2.65. The fraction of sp³-hybridized carbons (Fsp3) is 0.750. The summed E-state index contributed by atoms with van der Waals surface area (Å²) in [7, 11) is 0. The summed E-state index contributed by atoms with van der Waals surface area (Å²) in [6.07, 6.45) is 0.276. The number of carboxylic acids is 1. The van der Waals surface area contributed by atoms with Gasteiger partial charge in [-0.1, -0.05) is 0 Å². The molecular formula is C16H27N3O6. The van der Waals surface area contributed by atoms with Gasteiger partial charge in [0.1, 0.15) is 23.7 Å². The highest BCUT2D eigenvalue weighted by Gasteiger charge is 2.36. The van der Waals surface area contributed by atoms with Crippen LogP contribution in [0.25, 0.3) is 0 Å². The van der Waals surface area contributed by atoms with E-state index in [2.05, 4.69) is 10.6 Å². The van der Waals surface area contributed by atoms with Crippen LogP contribution in [0.3, 0.4) is 0 Å². The van der Waals surface area contributed by atoms with E-state index >= 15 is 0 Å². The number of likely N-dealkylation sites (tertiary alicyclic amines) is 1. The Kier molecular flexibility index (Phi) is 6.78. The van der Waals surface area contributed by atoms with Gasteiger partial charge in [-0.25, -0.2) is 9.59 Å². The lowest BCUT2D eigenvalue weighted by molar-refractivity contribution is -0.149. The second kappa shape index (κ2) is 8.17. The van der Waals surface area contributed by atoms with Crippen molar-refractivity contribution in [2.75, 3.05) is 6.54 Å². The van der Waals surface area contributed by atoms with E-state index in [1.165, 1.54) is 18.7 Å². The number of hydrogen-bond acceptors (Lipinski definition) is 5. The van der Waals surface area contributed by atoms with Crippen molar-refractivity contribution in [3.05, 3.63) is 0 Å². The first-order chi connectivity index (χ1) is 11.4. The molecule has 1 fully saturated rings. The number of nitrogens with zero attached hydrogens (tertiary/aromatic N) is 1. The Bertz CT molecular complexity index is 542. The molecule has 3 atom stereocenters. The highest BCUT2D eigenvalue weighted by molar-refractivity contribution is 5.92. The van der Waals surface area contributed by atoms with Gasteiger partial charge in [-0.2, -0.15) is 0 Å². The molecule has 1 rings (SSSR count). The lowest BCUT2D eigenvalue weighted by atomic mass is 10.2. The number of carboxylic acid groups (broad SMARTS) is 1. The molecule has 0 aliphatic carbocycles. The van der Waals surface area contributed by atoms with Crippen LogP contribution in [-0.2, 0) is 19.1 Å². The smallest absolute Gasteiger partial charge is 0.408 e. The summed E-state index contributed by atoms with van der Waals surface area (Å²) in [5.74, 6) is -2.06. The maximum atomic E-state index is 12.4. The van der Waals surface area contributed by atoms with Gasteiger partial charge in [-0.15, -0.1) is 0 Å². The highest BCUT2D eigenvalue weighted by Crippen LogP contribution is 2.18. The largest absolute Gasteiger partial charge is 0.480 e. The summed E-state index contributed by atoms with van der Waals surface area (Å²) in [5.41, 5.74) is -0.689. The van der Waals surface area contributed by atoms with Crippen molar-refractivity contribution >= 4 is 23.9 Å². The van der Waals surface area contributed by atoms with E-state index in [1.54, 1.807) is 20.8 Å². The number of hydrogen-bond donors (Lipinski definition) is 3. The molecule has 9 nitrogen and oxygen atoms in total. The zero-order valence-corrected chi connectivity index (χ0v) is 15.3. The number of nitrogens with one attached hydrogen (secondary N) is 2. The Morgan fingerprint density at radius 1 is 1.12 bits per heavy atom. The Morgan fingerprint density at radius 3 is 2.24 bits per heavy atom. The second-order valence-electron chi connectivity index (χ2n) is 7.13. The summed E-state index contributed by atoms with van der Waals surface area (Å²) < 4.78 is 5.06. The maximum absolute atomic E-state index is 12.4. The van der Waals surface area contributed by atoms with Gasteiger partial charge in [0.05, 0.1) is 0 Å². The summed E-state index contributed by atoms with van der Waals surface area (Å²) in [6.45, 7) is 8.40. The SMILES string of the molecule is CC(NC(=O)OC(C)(C)C)C(=O)NC(C)C(=O)N1CCCC1C(=O)O. The van der Waals surface area contributed by atoms with Gasteiger partial charge in [0.15, 0.2) is 0 Å². The summed E-state index contributed by atoms with van der Waals surface area (Å²) in [4.78, 5) is 48.6. The fourth-order valence-electron chi connectivity index (χ4n) is 2.49. The van der Waals surface area contributed by atoms with Crippen molar-refractivity contribution in [3.63, 3.8) is 0 Å². The standard InChI is InChI=1S/C16H27N3O6/c1-9(18-15(24)25-16(3,4)5)12(20)17-10(2)13(21)19-8-6-7-11(19)14(22)23/h9-11H,6-8H2,1-5H3,(H,17,20)(H,18,24)(H,22,23). The van der Waals surface area contributed by atoms with Crippen molar-refractivity contribution < 1.29 is 29.0 Å². The van der Waals surface area contributed by atoms with Crippen LogP contribution in [-0.4, -0.2) is 64.2 Å². The van der Waals surface area contributed by atoms with Gasteiger partial charge in [-0.3, -0.25) is 9.59 Å². The van der Waals surface area contributed by atoms with E-state index in [9.17, 15) is 19.2 Å². The molecule has 9 heteroatoms. The van der Waals surface area contributed by atoms with E-state index in [4.69, 9.17) is 9.84 Å². The molecule has 1 aliphatic rings. The van der Waals surface area contributed by atoms with Crippen LogP contribution in [0, 0.1) is 0 Å². The first kappa shape index (κ1) is 20.7. The Hall–Kier alpha value is -2.32. The van der Waals surface area contributed by atoms with E-state index in [0.717, 1.165) is 0 Å². The topological polar surface area (TPSA) is 125 Å². The maximum Gasteiger partial charge on any atom is 0.408 e. The monoisotopic (exact) mass is 357 g/mol. The van der Waals surface area contributed by atoms with Crippen molar-refractivity contribution in [1.29, 1.82) is 0 Å². The average Bonchev–Trinajstić information content (AvgIpc) is 2.93. The van der Waals surface area contributed by atoms with Gasteiger partial charge in [0.2, 0.25) is 11.8 Å². The van der Waals surface area contributed by atoms with Crippen LogP contribution in [0.2, 0.25) is 0 Å². The molecule has 1 aliphatic heterocycles. The van der Waals surface area contributed by atoms with Gasteiger partial charge >= 0.3 is 12.1 Å². The molecule has 0 aromatic rings. The van der Waals surface area contributed by atoms with Gasteiger partial charge in [-0.05, 0) is 47.5 Å². The number of carbonyl (C=O) groups is 4. The molecule has 1 saturated heterocycles. The third-order valence-electron chi connectivity index (χ3n) is 3.68. The normalized spacial score (nSPS) is 19.7. The Balaban J connectivity index is 2.56. The van der Waals surface area contributed by atoms with E-state index < -0.39 is 47.6 Å². The number of ether oxygens (including phenoxy) is 1. The number of rotatable bonds is 5. The van der Waals surface area contributed by atoms with Gasteiger partial charge < -0.3 is 25.4 Å². The average molecular weight is 357 g/mol.